The van der Waals surface area contributed by atoms with Crippen LogP contribution in [0.15, 0.2) is 36.4 Å². The van der Waals surface area contributed by atoms with Crippen molar-refractivity contribution in [2.24, 2.45) is 5.73 Å². The van der Waals surface area contributed by atoms with Crippen LogP contribution in [-0.4, -0.2) is 61.6 Å². The molecular weight excluding hydrogens is 511 g/mol. The van der Waals surface area contributed by atoms with E-state index in [1.54, 1.807) is 0 Å². The molecule has 1 fully saturated rings. The lowest BCUT2D eigenvalue weighted by atomic mass is 10.1. The second-order valence-electron chi connectivity index (χ2n) is 8.53. The van der Waals surface area contributed by atoms with Crippen molar-refractivity contribution in [2.45, 2.75) is 31.5 Å². The van der Waals surface area contributed by atoms with Crippen LogP contribution in [0.5, 0.6) is 0 Å². The minimum atomic E-state index is -1.08. The fourth-order valence-electron chi connectivity index (χ4n) is 4.02. The third-order valence-electron chi connectivity index (χ3n) is 5.96. The maximum Gasteiger partial charge on any atom is 0.270 e. The largest absolute Gasteiger partial charge is 0.394 e. The number of halogens is 2. The first-order valence-corrected chi connectivity index (χ1v) is 11.6. The first kappa shape index (κ1) is 26.0. The fraction of sp³-hybridized carbons (Fsp3) is 0.304. The summed E-state index contributed by atoms with van der Waals surface area (Å²) < 4.78 is 15.6. The Kier molecular flexibility index (Phi) is 7.36. The SMILES string of the molecule is NC(=O)c1nn(CC(=O)N(CC(=O)NC(CO)c2cccc(Cl)c2F)C2CC2)c2ccc([N+](=O)[O-])cc12. The molecule has 1 aromatic heterocycles. The van der Waals surface area contributed by atoms with Gasteiger partial charge < -0.3 is 21.1 Å². The van der Waals surface area contributed by atoms with E-state index in [1.165, 1.54) is 39.9 Å². The number of nitrogens with zero attached hydrogens (tertiary/aromatic N) is 4. The van der Waals surface area contributed by atoms with Crippen molar-refractivity contribution < 1.29 is 28.8 Å². The molecule has 0 aliphatic heterocycles. The van der Waals surface area contributed by atoms with Crippen LogP contribution in [0.2, 0.25) is 5.02 Å². The Morgan fingerprint density at radius 1 is 1.32 bits per heavy atom. The van der Waals surface area contributed by atoms with Gasteiger partial charge in [-0.15, -0.1) is 0 Å². The molecule has 1 aliphatic carbocycles. The number of fused-ring (bicyclic) bond motifs is 1. The van der Waals surface area contributed by atoms with E-state index >= 15 is 0 Å². The number of nitro groups is 1. The van der Waals surface area contributed by atoms with Gasteiger partial charge >= 0.3 is 0 Å². The molecule has 12 nitrogen and oxygen atoms in total. The Morgan fingerprint density at radius 3 is 2.68 bits per heavy atom. The van der Waals surface area contributed by atoms with Crippen LogP contribution in [-0.2, 0) is 16.1 Å². The van der Waals surface area contributed by atoms with Crippen LogP contribution in [0.1, 0.15) is 34.9 Å². The summed E-state index contributed by atoms with van der Waals surface area (Å²) in [5.74, 6) is -2.81. The highest BCUT2D eigenvalue weighted by Crippen LogP contribution is 2.29. The van der Waals surface area contributed by atoms with Gasteiger partial charge in [-0.25, -0.2) is 4.39 Å². The predicted octanol–water partition coefficient (Wildman–Crippen LogP) is 1.68. The smallest absolute Gasteiger partial charge is 0.270 e. The van der Waals surface area contributed by atoms with Crippen LogP contribution in [0.25, 0.3) is 10.9 Å². The quantitative estimate of drug-likeness (QED) is 0.263. The predicted molar refractivity (Wildman–Crippen MR) is 129 cm³/mol. The molecule has 37 heavy (non-hydrogen) atoms. The third-order valence-corrected chi connectivity index (χ3v) is 6.25. The summed E-state index contributed by atoms with van der Waals surface area (Å²) in [6, 6.07) is 6.66. The van der Waals surface area contributed by atoms with Gasteiger partial charge in [0.2, 0.25) is 11.8 Å². The molecule has 0 saturated heterocycles. The molecule has 0 bridgehead atoms. The molecular formula is C23H22ClFN6O6. The van der Waals surface area contributed by atoms with Gasteiger partial charge in [-0.05, 0) is 25.0 Å². The van der Waals surface area contributed by atoms with Gasteiger partial charge in [0.05, 0.1) is 34.7 Å². The van der Waals surface area contributed by atoms with Gasteiger partial charge in [-0.3, -0.25) is 29.2 Å². The zero-order valence-corrected chi connectivity index (χ0v) is 20.0. The Hall–Kier alpha value is -4.10. The van der Waals surface area contributed by atoms with Crippen molar-refractivity contribution in [3.63, 3.8) is 0 Å². The number of primary amides is 1. The van der Waals surface area contributed by atoms with Gasteiger partial charge in [-0.2, -0.15) is 5.10 Å². The van der Waals surface area contributed by atoms with Crippen LogP contribution < -0.4 is 11.1 Å². The van der Waals surface area contributed by atoms with E-state index in [9.17, 15) is 34.0 Å². The number of carbonyl (C=O) groups is 3. The standard InChI is InChI=1S/C23H22ClFN6O6/c24-16-3-1-2-14(21(16)25)17(11-32)27-19(33)9-29(12-4-5-12)20(34)10-30-18-7-6-13(31(36)37)8-15(18)22(28-30)23(26)35/h1-3,6-8,12,17,32H,4-5,9-11H2,(H2,26,35)(H,27,33). The number of aromatic nitrogens is 2. The summed E-state index contributed by atoms with van der Waals surface area (Å²) >= 11 is 5.80. The van der Waals surface area contributed by atoms with E-state index in [0.29, 0.717) is 12.8 Å². The number of nitro benzene ring substituents is 1. The number of aliphatic hydroxyl groups excluding tert-OH is 1. The summed E-state index contributed by atoms with van der Waals surface area (Å²) in [6.07, 6.45) is 1.34. The number of nitrogens with two attached hydrogens (primary N) is 1. The lowest BCUT2D eigenvalue weighted by Crippen LogP contribution is -2.44. The van der Waals surface area contributed by atoms with Crippen LogP contribution in [0.3, 0.4) is 0 Å². The Balaban J connectivity index is 1.53. The second-order valence-corrected chi connectivity index (χ2v) is 8.93. The van der Waals surface area contributed by atoms with Gasteiger partial charge in [-0.1, -0.05) is 23.7 Å². The number of hydrogen-bond acceptors (Lipinski definition) is 7. The van der Waals surface area contributed by atoms with Crippen LogP contribution in [0.4, 0.5) is 10.1 Å². The van der Waals surface area contributed by atoms with Crippen molar-refractivity contribution >= 4 is 45.9 Å². The van der Waals surface area contributed by atoms with Crippen molar-refractivity contribution in [3.05, 3.63) is 68.6 Å². The maximum atomic E-state index is 14.4. The first-order valence-electron chi connectivity index (χ1n) is 11.2. The van der Waals surface area contributed by atoms with Crippen molar-refractivity contribution in [3.8, 4) is 0 Å². The zero-order chi connectivity index (χ0) is 26.9. The summed E-state index contributed by atoms with van der Waals surface area (Å²) in [7, 11) is 0. The topological polar surface area (TPSA) is 174 Å². The van der Waals surface area contributed by atoms with E-state index in [4.69, 9.17) is 17.3 Å². The highest BCUT2D eigenvalue weighted by atomic mass is 35.5. The lowest BCUT2D eigenvalue weighted by Gasteiger charge is -2.24. The summed E-state index contributed by atoms with van der Waals surface area (Å²) in [4.78, 5) is 49.6. The van der Waals surface area contributed by atoms with Crippen molar-refractivity contribution in [1.29, 1.82) is 0 Å². The highest BCUT2D eigenvalue weighted by Gasteiger charge is 2.35. The van der Waals surface area contributed by atoms with E-state index in [-0.39, 0.29) is 52.0 Å². The molecule has 3 amide bonds. The summed E-state index contributed by atoms with van der Waals surface area (Å²) in [5.41, 5.74) is 5.16. The molecule has 1 heterocycles. The number of hydrogen-bond donors (Lipinski definition) is 3. The number of benzene rings is 2. The van der Waals surface area contributed by atoms with Crippen LogP contribution in [0, 0.1) is 15.9 Å². The molecule has 1 aliphatic rings. The van der Waals surface area contributed by atoms with E-state index in [2.05, 4.69) is 10.4 Å². The minimum absolute atomic E-state index is 0.00346. The van der Waals surface area contributed by atoms with E-state index in [1.807, 2.05) is 0 Å². The van der Waals surface area contributed by atoms with Gasteiger partial charge in [0.25, 0.3) is 11.6 Å². The average molecular weight is 533 g/mol. The molecule has 1 atom stereocenters. The van der Waals surface area contributed by atoms with Crippen LogP contribution >= 0.6 is 11.6 Å². The molecule has 4 N–H and O–H groups in total. The molecule has 2 aromatic carbocycles. The average Bonchev–Trinajstić information content (AvgIpc) is 3.64. The Morgan fingerprint density at radius 2 is 2.05 bits per heavy atom. The number of carbonyl (C=O) groups excluding carboxylic acids is 3. The Bertz CT molecular complexity index is 1410. The summed E-state index contributed by atoms with van der Waals surface area (Å²) in [5, 5.41) is 27.4. The van der Waals surface area contributed by atoms with Gasteiger partial charge in [0.1, 0.15) is 12.4 Å². The minimum Gasteiger partial charge on any atom is -0.394 e. The van der Waals surface area contributed by atoms with E-state index in [0.717, 1.165) is 6.07 Å². The molecule has 14 heteroatoms. The normalized spacial score (nSPS) is 13.8. The van der Waals surface area contributed by atoms with Crippen molar-refractivity contribution in [2.75, 3.05) is 13.2 Å². The molecule has 1 unspecified atom stereocenters. The number of nitrogens with one attached hydrogen (secondary N) is 1. The highest BCUT2D eigenvalue weighted by molar-refractivity contribution is 6.30. The first-order chi connectivity index (χ1) is 17.6. The fourth-order valence-corrected chi connectivity index (χ4v) is 4.20. The summed E-state index contributed by atoms with van der Waals surface area (Å²) in [6.45, 7) is -1.32. The monoisotopic (exact) mass is 532 g/mol. The molecule has 4 rings (SSSR count). The second kappa shape index (κ2) is 10.5. The van der Waals surface area contributed by atoms with Gasteiger partial charge in [0, 0.05) is 29.1 Å². The molecule has 3 aromatic rings. The lowest BCUT2D eigenvalue weighted by molar-refractivity contribution is -0.384. The number of non-ortho nitro benzene ring substituents is 1. The Labute approximate surface area is 213 Å². The molecule has 0 spiro atoms. The number of aliphatic hydroxyl groups is 1. The number of rotatable bonds is 10. The zero-order valence-electron chi connectivity index (χ0n) is 19.3. The number of amides is 3. The third kappa shape index (κ3) is 5.52. The van der Waals surface area contributed by atoms with E-state index < -0.39 is 41.1 Å². The molecule has 0 radical (unpaired) electrons. The molecule has 1 saturated carbocycles. The molecule has 194 valence electrons. The maximum absolute atomic E-state index is 14.4. The van der Waals surface area contributed by atoms with Crippen molar-refractivity contribution in [1.82, 2.24) is 20.0 Å². The van der Waals surface area contributed by atoms with Gasteiger partial charge in [0.15, 0.2) is 5.69 Å².